The second-order valence-electron chi connectivity index (χ2n) is 2.53. The molecule has 0 aliphatic carbocycles. The van der Waals surface area contributed by atoms with Gasteiger partial charge in [0, 0.05) is 0 Å². The Morgan fingerprint density at radius 3 is 2.20 bits per heavy atom. The van der Waals surface area contributed by atoms with Crippen LogP contribution in [0.2, 0.25) is 0 Å². The third kappa shape index (κ3) is 2.47. The summed E-state index contributed by atoms with van der Waals surface area (Å²) in [5, 5.41) is 0. The van der Waals surface area contributed by atoms with Gasteiger partial charge in [-0.15, -0.1) is 6.58 Å². The number of hydrogen-bond donors (Lipinski definition) is 1. The smallest absolute Gasteiger partial charge is 0.0949 e. The van der Waals surface area contributed by atoms with Crippen LogP contribution in [0.15, 0.2) is 12.7 Å². The molecule has 0 aliphatic heterocycles. The standard InChI is InChI=1S/C7H16N2O/c1-5-7(9(3)4)6(2)10-8/h5-7H,1,8H2,2-4H3. The Labute approximate surface area is 62.4 Å². The fraction of sp³-hybridized carbons (Fsp3) is 0.714. The second kappa shape index (κ2) is 4.44. The molecule has 0 spiro atoms. The molecule has 0 rings (SSSR count). The van der Waals surface area contributed by atoms with Gasteiger partial charge in [0.2, 0.25) is 0 Å². The molecule has 0 aromatic carbocycles. The van der Waals surface area contributed by atoms with E-state index in [1.165, 1.54) is 0 Å². The van der Waals surface area contributed by atoms with Crippen molar-refractivity contribution in [3.63, 3.8) is 0 Å². The maximum absolute atomic E-state index is 5.01. The average molecular weight is 144 g/mol. The van der Waals surface area contributed by atoms with Crippen molar-refractivity contribution in [1.82, 2.24) is 4.90 Å². The minimum Gasteiger partial charge on any atom is -0.301 e. The molecule has 0 bridgehead atoms. The molecule has 3 nitrogen and oxygen atoms in total. The number of hydrogen-bond acceptors (Lipinski definition) is 3. The highest BCUT2D eigenvalue weighted by molar-refractivity contribution is 4.89. The van der Waals surface area contributed by atoms with Gasteiger partial charge in [-0.3, -0.25) is 4.84 Å². The maximum Gasteiger partial charge on any atom is 0.0949 e. The third-order valence-electron chi connectivity index (χ3n) is 1.53. The largest absolute Gasteiger partial charge is 0.301 e. The minimum absolute atomic E-state index is 0.00694. The Kier molecular flexibility index (Phi) is 4.27. The van der Waals surface area contributed by atoms with Gasteiger partial charge >= 0.3 is 0 Å². The van der Waals surface area contributed by atoms with Crippen LogP contribution < -0.4 is 5.90 Å². The number of nitrogens with two attached hydrogens (primary N) is 1. The van der Waals surface area contributed by atoms with Crippen molar-refractivity contribution >= 4 is 0 Å². The zero-order valence-corrected chi connectivity index (χ0v) is 6.87. The van der Waals surface area contributed by atoms with Crippen LogP contribution in [0, 0.1) is 0 Å². The van der Waals surface area contributed by atoms with Crippen LogP contribution >= 0.6 is 0 Å². The summed E-state index contributed by atoms with van der Waals surface area (Å²) in [5.74, 6) is 5.01. The highest BCUT2D eigenvalue weighted by atomic mass is 16.6. The van der Waals surface area contributed by atoms with Crippen LogP contribution in [-0.4, -0.2) is 31.1 Å². The molecule has 0 radical (unpaired) electrons. The summed E-state index contributed by atoms with van der Waals surface area (Å²) in [4.78, 5) is 6.66. The van der Waals surface area contributed by atoms with Gasteiger partial charge < -0.3 is 4.90 Å². The van der Waals surface area contributed by atoms with E-state index in [1.807, 2.05) is 32.0 Å². The van der Waals surface area contributed by atoms with Gasteiger partial charge in [0.1, 0.15) is 0 Å². The second-order valence-corrected chi connectivity index (χ2v) is 2.53. The average Bonchev–Trinajstić information content (AvgIpc) is 1.88. The minimum atomic E-state index is -0.00694. The van der Waals surface area contributed by atoms with E-state index in [9.17, 15) is 0 Å². The molecular weight excluding hydrogens is 128 g/mol. The first-order chi connectivity index (χ1) is 4.63. The summed E-state index contributed by atoms with van der Waals surface area (Å²) in [6.45, 7) is 5.58. The summed E-state index contributed by atoms with van der Waals surface area (Å²) in [6.07, 6.45) is 1.81. The first kappa shape index (κ1) is 9.62. The highest BCUT2D eigenvalue weighted by Gasteiger charge is 2.14. The van der Waals surface area contributed by atoms with Crippen molar-refractivity contribution in [2.24, 2.45) is 5.90 Å². The fourth-order valence-corrected chi connectivity index (χ4v) is 0.903. The Morgan fingerprint density at radius 1 is 1.60 bits per heavy atom. The van der Waals surface area contributed by atoms with E-state index in [1.54, 1.807) is 0 Å². The van der Waals surface area contributed by atoms with Crippen LogP contribution in [0.25, 0.3) is 0 Å². The van der Waals surface area contributed by atoms with Crippen LogP contribution in [-0.2, 0) is 4.84 Å². The van der Waals surface area contributed by atoms with E-state index in [-0.39, 0.29) is 12.1 Å². The van der Waals surface area contributed by atoms with Crippen molar-refractivity contribution in [2.75, 3.05) is 14.1 Å². The normalized spacial score (nSPS) is 16.9. The van der Waals surface area contributed by atoms with E-state index in [4.69, 9.17) is 5.90 Å². The predicted molar refractivity (Wildman–Crippen MR) is 42.4 cm³/mol. The Hall–Kier alpha value is -0.380. The van der Waals surface area contributed by atoms with E-state index in [0.29, 0.717) is 0 Å². The van der Waals surface area contributed by atoms with E-state index in [2.05, 4.69) is 11.4 Å². The molecule has 2 unspecified atom stereocenters. The number of likely N-dealkylation sites (N-methyl/N-ethyl adjacent to an activating group) is 1. The summed E-state index contributed by atoms with van der Waals surface area (Å²) in [7, 11) is 3.92. The SMILES string of the molecule is C=CC(C(C)ON)N(C)C. The van der Waals surface area contributed by atoms with Gasteiger partial charge in [-0.2, -0.15) is 0 Å². The lowest BCUT2D eigenvalue weighted by Crippen LogP contribution is -2.38. The molecule has 0 heterocycles. The molecule has 10 heavy (non-hydrogen) atoms. The first-order valence-corrected chi connectivity index (χ1v) is 3.28. The van der Waals surface area contributed by atoms with E-state index < -0.39 is 0 Å². The Bertz CT molecular complexity index is 104. The monoisotopic (exact) mass is 144 g/mol. The van der Waals surface area contributed by atoms with Gasteiger partial charge in [-0.1, -0.05) is 6.08 Å². The number of nitrogens with zero attached hydrogens (tertiary/aromatic N) is 1. The predicted octanol–water partition coefficient (Wildman–Crippen LogP) is 0.381. The molecule has 3 heteroatoms. The molecule has 0 aromatic heterocycles. The van der Waals surface area contributed by atoms with Crippen LogP contribution in [0.1, 0.15) is 6.92 Å². The molecule has 2 N–H and O–H groups in total. The lowest BCUT2D eigenvalue weighted by molar-refractivity contribution is 0.0251. The van der Waals surface area contributed by atoms with Crippen molar-refractivity contribution in [1.29, 1.82) is 0 Å². The first-order valence-electron chi connectivity index (χ1n) is 3.28. The zero-order valence-electron chi connectivity index (χ0n) is 6.87. The summed E-state index contributed by atoms with van der Waals surface area (Å²) < 4.78 is 0. The quantitative estimate of drug-likeness (QED) is 0.458. The molecule has 0 saturated carbocycles. The van der Waals surface area contributed by atoms with Crippen LogP contribution in [0.4, 0.5) is 0 Å². The molecular formula is C7H16N2O. The van der Waals surface area contributed by atoms with Gasteiger partial charge in [-0.05, 0) is 21.0 Å². The lowest BCUT2D eigenvalue weighted by Gasteiger charge is -2.24. The van der Waals surface area contributed by atoms with Gasteiger partial charge in [0.05, 0.1) is 12.1 Å². The lowest BCUT2D eigenvalue weighted by atomic mass is 10.2. The van der Waals surface area contributed by atoms with Gasteiger partial charge in [0.25, 0.3) is 0 Å². The molecule has 60 valence electrons. The molecule has 0 fully saturated rings. The van der Waals surface area contributed by atoms with Crippen molar-refractivity contribution in [3.8, 4) is 0 Å². The Balaban J connectivity index is 3.92. The topological polar surface area (TPSA) is 38.5 Å². The van der Waals surface area contributed by atoms with E-state index >= 15 is 0 Å². The molecule has 0 saturated heterocycles. The fourth-order valence-electron chi connectivity index (χ4n) is 0.903. The summed E-state index contributed by atoms with van der Waals surface area (Å²) >= 11 is 0. The van der Waals surface area contributed by atoms with Crippen LogP contribution in [0.5, 0.6) is 0 Å². The molecule has 0 amide bonds. The summed E-state index contributed by atoms with van der Waals surface area (Å²) in [6, 6.07) is 0.185. The molecule has 0 aromatic rings. The molecule has 0 aliphatic rings. The van der Waals surface area contributed by atoms with Crippen LogP contribution in [0.3, 0.4) is 0 Å². The van der Waals surface area contributed by atoms with Crippen molar-refractivity contribution in [2.45, 2.75) is 19.1 Å². The van der Waals surface area contributed by atoms with Gasteiger partial charge in [0.15, 0.2) is 0 Å². The Morgan fingerprint density at radius 2 is 2.10 bits per heavy atom. The highest BCUT2D eigenvalue weighted by Crippen LogP contribution is 2.02. The summed E-state index contributed by atoms with van der Waals surface area (Å²) in [5.41, 5.74) is 0. The maximum atomic E-state index is 5.01. The molecule has 2 atom stereocenters. The van der Waals surface area contributed by atoms with Crippen molar-refractivity contribution in [3.05, 3.63) is 12.7 Å². The van der Waals surface area contributed by atoms with E-state index in [0.717, 1.165) is 0 Å². The van der Waals surface area contributed by atoms with Crippen molar-refractivity contribution < 1.29 is 4.84 Å². The number of rotatable bonds is 4. The zero-order chi connectivity index (χ0) is 8.15. The third-order valence-corrected chi connectivity index (χ3v) is 1.53. The van der Waals surface area contributed by atoms with Gasteiger partial charge in [-0.25, -0.2) is 5.90 Å².